The van der Waals surface area contributed by atoms with Gasteiger partial charge in [-0.25, -0.2) is 9.59 Å². The fraction of sp³-hybridized carbons (Fsp3) is 0.364. The van der Waals surface area contributed by atoms with Crippen LogP contribution in [0.3, 0.4) is 0 Å². The second-order valence-corrected chi connectivity index (χ2v) is 7.89. The number of carbonyl (C=O) groups excluding carboxylic acids is 3. The molecule has 0 bridgehead atoms. The molecule has 0 aliphatic heterocycles. The van der Waals surface area contributed by atoms with E-state index in [-0.39, 0.29) is 86.5 Å². The molecule has 1 aromatic heterocycles. The quantitative estimate of drug-likeness (QED) is 0.159. The molecule has 0 saturated heterocycles. The van der Waals surface area contributed by atoms with Crippen molar-refractivity contribution in [2.75, 3.05) is 57.3 Å². The van der Waals surface area contributed by atoms with Crippen LogP contribution in [0.1, 0.15) is 10.4 Å². The number of carbonyl (C=O) groups is 5. The number of aliphatic carboxylic acids is 4. The number of nitrogens with zero attached hydrogens (tertiary/aromatic N) is 3. The van der Waals surface area contributed by atoms with Gasteiger partial charge in [0.2, 0.25) is 0 Å². The van der Waals surface area contributed by atoms with E-state index in [0.717, 1.165) is 15.9 Å². The predicted molar refractivity (Wildman–Crippen MR) is 117 cm³/mol. The van der Waals surface area contributed by atoms with Gasteiger partial charge in [0, 0.05) is 63.0 Å². The molecule has 0 fully saturated rings. The van der Waals surface area contributed by atoms with E-state index >= 15 is 0 Å². The van der Waals surface area contributed by atoms with Crippen molar-refractivity contribution >= 4 is 46.5 Å². The van der Waals surface area contributed by atoms with Gasteiger partial charge in [0.1, 0.15) is 11.1 Å². The molecule has 0 unspecified atom stereocenters. The van der Waals surface area contributed by atoms with Crippen molar-refractivity contribution in [2.45, 2.75) is 0 Å². The first-order valence-electron chi connectivity index (χ1n) is 10.7. The summed E-state index contributed by atoms with van der Waals surface area (Å²) in [5, 5.41) is 51.4. The summed E-state index contributed by atoms with van der Waals surface area (Å²) in [6.45, 7) is -3.04. The maximum absolute atomic E-state index is 12.0. The number of benzene rings is 1. The Bertz CT molecular complexity index is 1180. The molecule has 0 aliphatic rings. The maximum atomic E-state index is 12.0. The summed E-state index contributed by atoms with van der Waals surface area (Å²) in [5.41, 5.74) is -1.32. The number of carboxylic acids is 5. The summed E-state index contributed by atoms with van der Waals surface area (Å²) < 4.78 is 5.09. The normalized spacial score (nSPS) is 10.8. The van der Waals surface area contributed by atoms with Crippen LogP contribution in [0.25, 0.3) is 11.0 Å². The third-order valence-corrected chi connectivity index (χ3v) is 5.10. The zero-order valence-corrected chi connectivity index (χ0v) is 22.1. The molecule has 0 spiro atoms. The van der Waals surface area contributed by atoms with Gasteiger partial charge in [-0.3, -0.25) is 14.6 Å². The van der Waals surface area contributed by atoms with E-state index < -0.39 is 67.2 Å². The zero-order chi connectivity index (χ0) is 27.7. The van der Waals surface area contributed by atoms with Gasteiger partial charge in [-0.2, -0.15) is 0 Å². The molecule has 204 valence electrons. The number of rotatable bonds is 16. The van der Waals surface area contributed by atoms with Crippen LogP contribution in [-0.2, 0) is 19.2 Å². The predicted octanol–water partition coefficient (Wildman–Crippen LogP) is -4.76. The molecule has 2 aromatic rings. The first kappa shape index (κ1) is 33.1. The molecule has 16 heteroatoms. The second kappa shape index (κ2) is 15.5. The van der Waals surface area contributed by atoms with E-state index in [2.05, 4.69) is 0 Å². The molecule has 1 heterocycles. The molecule has 0 atom stereocenters. The minimum Gasteiger partial charge on any atom is -0.549 e. The van der Waals surface area contributed by atoms with Crippen LogP contribution in [0.5, 0.6) is 0 Å². The molecule has 0 saturated carbocycles. The van der Waals surface area contributed by atoms with Crippen molar-refractivity contribution in [1.29, 1.82) is 0 Å². The Balaban J connectivity index is 0.00000722. The van der Waals surface area contributed by atoms with Crippen LogP contribution in [0.4, 0.5) is 5.69 Å². The van der Waals surface area contributed by atoms with Gasteiger partial charge in [0.25, 0.3) is 0 Å². The SMILES string of the molecule is O=C([O-])CN(CCN(CCN(CC(=O)[O-])CC(=O)O)c1ccc2cc(C(=O)O)c(=O)oc2c1)CC(=O)[O-].[Eu+3]. The average Bonchev–Trinajstić information content (AvgIpc) is 2.76. The Morgan fingerprint density at radius 1 is 0.763 bits per heavy atom. The fourth-order valence-corrected chi connectivity index (χ4v) is 3.51. The topological polar surface area (TPSA) is 235 Å². The second-order valence-electron chi connectivity index (χ2n) is 7.89. The number of hydrogen-bond acceptors (Lipinski definition) is 13. The standard InChI is InChI=1S/C22H25N3O12.Eu/c26-17(27)9-23(10-18(28)29)3-5-25(6-4-24(11-19(30)31)12-20(32)33)14-2-1-13-7-15(21(34)35)22(36)37-16(13)8-14;/h1-2,7-8H,3-6,9-12H2,(H,26,27)(H,28,29)(H,30,31)(H,32,33)(H,34,35);/q;+3/p-3. The zero-order valence-electron chi connectivity index (χ0n) is 19.7. The first-order valence-corrected chi connectivity index (χ1v) is 10.7. The third kappa shape index (κ3) is 10.8. The van der Waals surface area contributed by atoms with Crippen molar-refractivity contribution in [3.05, 3.63) is 40.2 Å². The van der Waals surface area contributed by atoms with Crippen LogP contribution in [0.2, 0.25) is 0 Å². The largest absolute Gasteiger partial charge is 3.00 e. The van der Waals surface area contributed by atoms with Gasteiger partial charge in [-0.1, -0.05) is 0 Å². The van der Waals surface area contributed by atoms with Crippen LogP contribution >= 0.6 is 0 Å². The van der Waals surface area contributed by atoms with Crippen LogP contribution in [-0.4, -0.2) is 102 Å². The van der Waals surface area contributed by atoms with Gasteiger partial charge in [0.05, 0.1) is 24.5 Å². The van der Waals surface area contributed by atoms with Crippen molar-refractivity contribution in [2.24, 2.45) is 0 Å². The molecule has 0 radical (unpaired) electrons. The van der Waals surface area contributed by atoms with Crippen molar-refractivity contribution < 1.29 is 103 Å². The van der Waals surface area contributed by atoms with Gasteiger partial charge in [-0.05, 0) is 18.2 Å². The smallest absolute Gasteiger partial charge is 0.549 e. The van der Waals surface area contributed by atoms with Crippen molar-refractivity contribution in [3.63, 3.8) is 0 Å². The number of anilines is 1. The Morgan fingerprint density at radius 2 is 1.26 bits per heavy atom. The summed E-state index contributed by atoms with van der Waals surface area (Å²) in [6, 6.07) is 5.46. The molecule has 2 N–H and O–H groups in total. The van der Waals surface area contributed by atoms with Gasteiger partial charge in [0.15, 0.2) is 0 Å². The summed E-state index contributed by atoms with van der Waals surface area (Å²) in [5.74, 6) is -7.34. The van der Waals surface area contributed by atoms with E-state index in [1.807, 2.05) is 0 Å². The summed E-state index contributed by atoms with van der Waals surface area (Å²) in [4.78, 5) is 70.9. The number of hydrogen-bond donors (Lipinski definition) is 2. The molecular formula is C22H22EuN3O12. The molecule has 0 aliphatic carbocycles. The molecule has 15 nitrogen and oxygen atoms in total. The van der Waals surface area contributed by atoms with Crippen molar-refractivity contribution in [3.8, 4) is 0 Å². The van der Waals surface area contributed by atoms with Crippen LogP contribution < -0.4 is 25.8 Å². The van der Waals surface area contributed by atoms with E-state index in [4.69, 9.17) is 14.6 Å². The number of carboxylic acid groups (broad SMARTS) is 5. The maximum Gasteiger partial charge on any atom is 3.00 e. The third-order valence-electron chi connectivity index (χ3n) is 5.10. The van der Waals surface area contributed by atoms with Gasteiger partial charge >= 0.3 is 66.9 Å². The average molecular weight is 672 g/mol. The molecular weight excluding hydrogens is 650 g/mol. The Kier molecular flexibility index (Phi) is 13.5. The Morgan fingerprint density at radius 3 is 1.71 bits per heavy atom. The van der Waals surface area contributed by atoms with Gasteiger partial charge in [-0.15, -0.1) is 0 Å². The monoisotopic (exact) mass is 673 g/mol. The van der Waals surface area contributed by atoms with Crippen LogP contribution in [0.15, 0.2) is 33.5 Å². The summed E-state index contributed by atoms with van der Waals surface area (Å²) >= 11 is 0. The number of aromatic carboxylic acids is 1. The fourth-order valence-electron chi connectivity index (χ4n) is 3.51. The Labute approximate surface area is 255 Å². The number of fused-ring (bicyclic) bond motifs is 1. The molecule has 1 aromatic carbocycles. The van der Waals surface area contributed by atoms with Gasteiger partial charge < -0.3 is 49.2 Å². The molecule has 38 heavy (non-hydrogen) atoms. The minimum atomic E-state index is -1.53. The summed E-state index contributed by atoms with van der Waals surface area (Å²) in [6.07, 6.45) is 0. The summed E-state index contributed by atoms with van der Waals surface area (Å²) in [7, 11) is 0. The van der Waals surface area contributed by atoms with Crippen molar-refractivity contribution in [1.82, 2.24) is 9.80 Å². The minimum absolute atomic E-state index is 0. The van der Waals surface area contributed by atoms with E-state index in [9.17, 15) is 44.1 Å². The van der Waals surface area contributed by atoms with E-state index in [0.29, 0.717) is 5.69 Å². The first-order chi connectivity index (χ1) is 17.3. The molecule has 2 rings (SSSR count). The molecule has 0 amide bonds. The van der Waals surface area contributed by atoms with E-state index in [1.54, 1.807) is 4.90 Å². The van der Waals surface area contributed by atoms with E-state index in [1.165, 1.54) is 18.2 Å². The Hall–Kier alpha value is -2.92. The van der Waals surface area contributed by atoms with Crippen LogP contribution in [0, 0.1) is 49.4 Å².